The minimum Gasteiger partial charge on any atom is -0.338 e. The van der Waals surface area contributed by atoms with E-state index in [1.807, 2.05) is 24.0 Å². The number of hydrogen-bond donors (Lipinski definition) is 1. The van der Waals surface area contributed by atoms with Crippen molar-refractivity contribution in [3.8, 4) is 0 Å². The van der Waals surface area contributed by atoms with E-state index in [-0.39, 0.29) is 6.03 Å². The van der Waals surface area contributed by atoms with Gasteiger partial charge in [0.05, 0.1) is 0 Å². The summed E-state index contributed by atoms with van der Waals surface area (Å²) in [6.45, 7) is 7.48. The van der Waals surface area contributed by atoms with E-state index in [1.165, 1.54) is 24.8 Å². The number of hydrogen-bond acceptors (Lipinski definition) is 2. The number of aryl methyl sites for hydroxylation is 1. The fraction of sp³-hybridized carbons (Fsp3) is 0.611. The van der Waals surface area contributed by atoms with Crippen molar-refractivity contribution in [3.63, 3.8) is 0 Å². The molecule has 4 nitrogen and oxygen atoms in total. The van der Waals surface area contributed by atoms with Crippen LogP contribution < -0.4 is 5.32 Å². The predicted octanol–water partition coefficient (Wildman–Crippen LogP) is 3.40. The van der Waals surface area contributed by atoms with Gasteiger partial charge in [0.25, 0.3) is 0 Å². The smallest absolute Gasteiger partial charge is 0.317 e. The Morgan fingerprint density at radius 3 is 2.43 bits per heavy atom. The zero-order valence-corrected chi connectivity index (χ0v) is 14.8. The molecule has 0 aliphatic carbocycles. The highest BCUT2D eigenvalue weighted by atomic mass is 35.5. The standard InChI is InChI=1S/C18H28ClN3O/c1-2-20-18(23)22-14-12-21(13-15-22)11-5-3-4-6-16-7-9-17(19)10-8-16/h7-10H,2-6,11-15H2,1H3,(H,20,23). The average Bonchev–Trinajstić information content (AvgIpc) is 2.57. The highest BCUT2D eigenvalue weighted by Gasteiger charge is 2.19. The quantitative estimate of drug-likeness (QED) is 0.774. The van der Waals surface area contributed by atoms with E-state index >= 15 is 0 Å². The maximum atomic E-state index is 11.7. The van der Waals surface area contributed by atoms with Crippen LogP contribution in [0, 0.1) is 0 Å². The summed E-state index contributed by atoms with van der Waals surface area (Å²) in [6.07, 6.45) is 4.83. The van der Waals surface area contributed by atoms with E-state index in [0.717, 1.165) is 44.2 Å². The van der Waals surface area contributed by atoms with Crippen LogP contribution in [0.2, 0.25) is 5.02 Å². The Bertz CT molecular complexity index is 470. The van der Waals surface area contributed by atoms with Crippen LogP contribution in [0.3, 0.4) is 0 Å². The highest BCUT2D eigenvalue weighted by molar-refractivity contribution is 6.30. The van der Waals surface area contributed by atoms with Crippen molar-refractivity contribution in [2.45, 2.75) is 32.6 Å². The topological polar surface area (TPSA) is 35.6 Å². The number of urea groups is 1. The first kappa shape index (κ1) is 18.1. The molecule has 5 heteroatoms. The first-order chi connectivity index (χ1) is 11.2. The predicted molar refractivity (Wildman–Crippen MR) is 96.1 cm³/mol. The van der Waals surface area contributed by atoms with Gasteiger partial charge in [0, 0.05) is 37.7 Å². The number of halogens is 1. The molecule has 1 aliphatic heterocycles. The Morgan fingerprint density at radius 1 is 1.09 bits per heavy atom. The molecule has 0 radical (unpaired) electrons. The van der Waals surface area contributed by atoms with Crippen molar-refractivity contribution in [1.82, 2.24) is 15.1 Å². The van der Waals surface area contributed by atoms with E-state index in [9.17, 15) is 4.79 Å². The Hall–Kier alpha value is -1.26. The van der Waals surface area contributed by atoms with Crippen LogP contribution in [0.25, 0.3) is 0 Å². The summed E-state index contributed by atoms with van der Waals surface area (Å²) in [5, 5.41) is 3.68. The van der Waals surface area contributed by atoms with Crippen molar-refractivity contribution in [1.29, 1.82) is 0 Å². The zero-order chi connectivity index (χ0) is 16.5. The van der Waals surface area contributed by atoms with Crippen molar-refractivity contribution < 1.29 is 4.79 Å². The molecule has 0 unspecified atom stereocenters. The van der Waals surface area contributed by atoms with E-state index in [2.05, 4.69) is 22.3 Å². The van der Waals surface area contributed by atoms with E-state index in [0.29, 0.717) is 6.54 Å². The lowest BCUT2D eigenvalue weighted by Crippen LogP contribution is -2.51. The third kappa shape index (κ3) is 6.40. The molecule has 0 bridgehead atoms. The highest BCUT2D eigenvalue weighted by Crippen LogP contribution is 2.12. The van der Waals surface area contributed by atoms with Crippen LogP contribution in [0.1, 0.15) is 31.7 Å². The van der Waals surface area contributed by atoms with Gasteiger partial charge in [-0.1, -0.05) is 30.2 Å². The minimum absolute atomic E-state index is 0.0788. The SMILES string of the molecule is CCNC(=O)N1CCN(CCCCCc2ccc(Cl)cc2)CC1. The molecule has 1 N–H and O–H groups in total. The molecule has 0 saturated carbocycles. The molecule has 0 spiro atoms. The molecule has 0 aromatic heterocycles. The second-order valence-electron chi connectivity index (χ2n) is 6.10. The van der Waals surface area contributed by atoms with Crippen LogP contribution in [-0.4, -0.2) is 55.1 Å². The summed E-state index contributed by atoms with van der Waals surface area (Å²) in [4.78, 5) is 16.1. The van der Waals surface area contributed by atoms with Gasteiger partial charge in [0.2, 0.25) is 0 Å². The molecule has 2 rings (SSSR count). The second kappa shape index (κ2) is 9.78. The largest absolute Gasteiger partial charge is 0.338 e. The van der Waals surface area contributed by atoms with Crippen LogP contribution in [0.5, 0.6) is 0 Å². The van der Waals surface area contributed by atoms with Crippen LogP contribution in [0.15, 0.2) is 24.3 Å². The Balaban J connectivity index is 1.54. The number of unbranched alkanes of at least 4 members (excludes halogenated alkanes) is 2. The van der Waals surface area contributed by atoms with E-state index in [1.54, 1.807) is 0 Å². The molecule has 2 amide bonds. The van der Waals surface area contributed by atoms with Gasteiger partial charge in [-0.3, -0.25) is 4.90 Å². The number of benzene rings is 1. The first-order valence-electron chi connectivity index (χ1n) is 8.68. The number of nitrogens with zero attached hydrogens (tertiary/aromatic N) is 2. The third-order valence-corrected chi connectivity index (χ3v) is 4.59. The molecule has 1 aromatic rings. The van der Waals surface area contributed by atoms with Gasteiger partial charge < -0.3 is 10.2 Å². The Labute approximate surface area is 144 Å². The summed E-state index contributed by atoms with van der Waals surface area (Å²) >= 11 is 5.89. The molecule has 1 saturated heterocycles. The lowest BCUT2D eigenvalue weighted by atomic mass is 10.1. The molecule has 128 valence electrons. The van der Waals surface area contributed by atoms with E-state index in [4.69, 9.17) is 11.6 Å². The number of piperazine rings is 1. The van der Waals surface area contributed by atoms with Gasteiger partial charge in [0.1, 0.15) is 0 Å². The molecular formula is C18H28ClN3O. The summed E-state index contributed by atoms with van der Waals surface area (Å²) < 4.78 is 0. The monoisotopic (exact) mass is 337 g/mol. The van der Waals surface area contributed by atoms with Crippen molar-refractivity contribution >= 4 is 17.6 Å². The van der Waals surface area contributed by atoms with Crippen molar-refractivity contribution in [3.05, 3.63) is 34.9 Å². The van der Waals surface area contributed by atoms with Gasteiger partial charge in [-0.25, -0.2) is 4.79 Å². The molecule has 23 heavy (non-hydrogen) atoms. The molecule has 1 fully saturated rings. The van der Waals surface area contributed by atoms with Gasteiger partial charge in [0.15, 0.2) is 0 Å². The van der Waals surface area contributed by atoms with Crippen molar-refractivity contribution in [2.75, 3.05) is 39.3 Å². The molecule has 1 aromatic carbocycles. The maximum absolute atomic E-state index is 11.7. The minimum atomic E-state index is 0.0788. The van der Waals surface area contributed by atoms with Crippen LogP contribution in [0.4, 0.5) is 4.79 Å². The second-order valence-corrected chi connectivity index (χ2v) is 6.54. The average molecular weight is 338 g/mol. The fourth-order valence-corrected chi connectivity index (χ4v) is 3.06. The summed E-state index contributed by atoms with van der Waals surface area (Å²) in [7, 11) is 0. The normalized spacial score (nSPS) is 15.7. The number of carbonyl (C=O) groups excluding carboxylic acids is 1. The van der Waals surface area contributed by atoms with E-state index < -0.39 is 0 Å². The summed E-state index contributed by atoms with van der Waals surface area (Å²) in [6, 6.07) is 8.23. The molecular weight excluding hydrogens is 310 g/mol. The number of amides is 2. The lowest BCUT2D eigenvalue weighted by Gasteiger charge is -2.34. The molecule has 0 atom stereocenters. The van der Waals surface area contributed by atoms with Crippen LogP contribution in [-0.2, 0) is 6.42 Å². The summed E-state index contributed by atoms with van der Waals surface area (Å²) in [5.74, 6) is 0. The fourth-order valence-electron chi connectivity index (χ4n) is 2.93. The number of nitrogens with one attached hydrogen (secondary N) is 1. The lowest BCUT2D eigenvalue weighted by molar-refractivity contribution is 0.138. The Kier molecular flexibility index (Phi) is 7.69. The van der Waals surface area contributed by atoms with Crippen LogP contribution >= 0.6 is 11.6 Å². The zero-order valence-electron chi connectivity index (χ0n) is 14.1. The molecule has 1 aliphatic rings. The molecule has 1 heterocycles. The third-order valence-electron chi connectivity index (χ3n) is 4.34. The summed E-state index contributed by atoms with van der Waals surface area (Å²) in [5.41, 5.74) is 1.37. The van der Waals surface area contributed by atoms with Gasteiger partial charge in [-0.05, 0) is 50.4 Å². The first-order valence-corrected chi connectivity index (χ1v) is 9.06. The maximum Gasteiger partial charge on any atom is 0.317 e. The van der Waals surface area contributed by atoms with Gasteiger partial charge in [-0.15, -0.1) is 0 Å². The van der Waals surface area contributed by atoms with Gasteiger partial charge in [-0.2, -0.15) is 0 Å². The number of carbonyl (C=O) groups is 1. The number of rotatable bonds is 7. The van der Waals surface area contributed by atoms with Gasteiger partial charge >= 0.3 is 6.03 Å². The Morgan fingerprint density at radius 2 is 1.78 bits per heavy atom. The van der Waals surface area contributed by atoms with Crippen molar-refractivity contribution in [2.24, 2.45) is 0 Å².